The Bertz CT molecular complexity index is 581. The molecule has 1 aliphatic rings. The predicted octanol–water partition coefficient (Wildman–Crippen LogP) is 3.09. The Kier molecular flexibility index (Phi) is 3.60. The smallest absolute Gasteiger partial charge is 0.138 e. The molecule has 2 nitrogen and oxygen atoms in total. The normalized spacial score (nSPS) is 14.7. The van der Waals surface area contributed by atoms with Gasteiger partial charge in [-0.2, -0.15) is 0 Å². The van der Waals surface area contributed by atoms with E-state index >= 15 is 0 Å². The van der Waals surface area contributed by atoms with E-state index in [1.807, 2.05) is 18.2 Å². The fourth-order valence-electron chi connectivity index (χ4n) is 2.45. The van der Waals surface area contributed by atoms with Gasteiger partial charge in [-0.05, 0) is 29.2 Å². The van der Waals surface area contributed by atoms with E-state index in [0.717, 1.165) is 12.1 Å². The summed E-state index contributed by atoms with van der Waals surface area (Å²) in [6, 6.07) is 15.1. The molecule has 0 aliphatic heterocycles. The highest BCUT2D eigenvalue weighted by Crippen LogP contribution is 2.20. The molecule has 98 valence electrons. The topological polar surface area (TPSA) is 29.1 Å². The van der Waals surface area contributed by atoms with E-state index in [1.165, 1.54) is 23.6 Å². The first kappa shape index (κ1) is 12.4. The lowest BCUT2D eigenvalue weighted by Crippen LogP contribution is -2.20. The van der Waals surface area contributed by atoms with Crippen LogP contribution in [0.25, 0.3) is 10.8 Å². The van der Waals surface area contributed by atoms with Crippen molar-refractivity contribution in [2.45, 2.75) is 31.7 Å². The molecule has 1 fully saturated rings. The van der Waals surface area contributed by atoms with Crippen LogP contribution in [0.15, 0.2) is 42.5 Å². The number of fused-ring (bicyclic) bond motifs is 1. The number of hydrogen-bond acceptors (Lipinski definition) is 2. The monoisotopic (exact) mass is 253 g/mol. The molecule has 2 aromatic carbocycles. The molecule has 19 heavy (non-hydrogen) atoms. The van der Waals surface area contributed by atoms with Crippen molar-refractivity contribution in [1.82, 2.24) is 5.32 Å². The van der Waals surface area contributed by atoms with Gasteiger partial charge in [0.25, 0.3) is 0 Å². The van der Waals surface area contributed by atoms with E-state index in [4.69, 9.17) is 0 Å². The van der Waals surface area contributed by atoms with Crippen LogP contribution in [0.2, 0.25) is 0 Å². The van der Waals surface area contributed by atoms with Crippen molar-refractivity contribution in [2.75, 3.05) is 6.54 Å². The lowest BCUT2D eigenvalue weighted by molar-refractivity contribution is -0.118. The maximum Gasteiger partial charge on any atom is 0.138 e. The van der Waals surface area contributed by atoms with Crippen LogP contribution in [-0.2, 0) is 11.2 Å². The predicted molar refractivity (Wildman–Crippen MR) is 78.3 cm³/mol. The van der Waals surface area contributed by atoms with Crippen LogP contribution in [0.1, 0.15) is 24.8 Å². The lowest BCUT2D eigenvalue weighted by Gasteiger charge is -2.06. The molecular formula is C17H19NO. The summed E-state index contributed by atoms with van der Waals surface area (Å²) < 4.78 is 0. The molecule has 1 N–H and O–H groups in total. The van der Waals surface area contributed by atoms with Crippen LogP contribution < -0.4 is 5.32 Å². The largest absolute Gasteiger partial charge is 0.314 e. The summed E-state index contributed by atoms with van der Waals surface area (Å²) in [7, 11) is 0. The maximum atomic E-state index is 12.0. The van der Waals surface area contributed by atoms with Crippen LogP contribution in [0.3, 0.4) is 0 Å². The van der Waals surface area contributed by atoms with E-state index in [9.17, 15) is 4.79 Å². The Morgan fingerprint density at radius 3 is 2.74 bits per heavy atom. The molecule has 0 spiro atoms. The summed E-state index contributed by atoms with van der Waals surface area (Å²) in [5, 5.41) is 5.80. The minimum absolute atomic E-state index is 0.324. The van der Waals surface area contributed by atoms with Crippen LogP contribution in [-0.4, -0.2) is 18.4 Å². The third kappa shape index (κ3) is 3.21. The Hall–Kier alpha value is -1.67. The summed E-state index contributed by atoms with van der Waals surface area (Å²) in [6.45, 7) is 0.828. The number of hydrogen-bond donors (Lipinski definition) is 1. The van der Waals surface area contributed by atoms with Crippen molar-refractivity contribution in [2.24, 2.45) is 0 Å². The van der Waals surface area contributed by atoms with Gasteiger partial charge in [-0.25, -0.2) is 0 Å². The Balaban J connectivity index is 1.64. The standard InChI is InChI=1S/C17H19NO/c19-16(10-11-18-15-8-9-15)12-14-6-3-5-13-4-1-2-7-17(13)14/h1-7,15,18H,8-12H2. The molecule has 2 aromatic rings. The SMILES string of the molecule is O=C(CCNC1CC1)Cc1cccc2ccccc12. The van der Waals surface area contributed by atoms with Crippen molar-refractivity contribution in [3.63, 3.8) is 0 Å². The average Bonchev–Trinajstić information content (AvgIpc) is 3.23. The van der Waals surface area contributed by atoms with Crippen LogP contribution in [0, 0.1) is 0 Å². The molecule has 2 heteroatoms. The number of rotatable bonds is 6. The highest BCUT2D eigenvalue weighted by atomic mass is 16.1. The molecule has 3 rings (SSSR count). The number of nitrogens with one attached hydrogen (secondary N) is 1. The first-order valence-corrected chi connectivity index (χ1v) is 7.04. The van der Waals surface area contributed by atoms with Gasteiger partial charge in [0, 0.05) is 25.4 Å². The molecule has 0 bridgehead atoms. The Morgan fingerprint density at radius 1 is 1.11 bits per heavy atom. The quantitative estimate of drug-likeness (QED) is 0.857. The molecule has 0 saturated heterocycles. The number of carbonyl (C=O) groups excluding carboxylic acids is 1. The summed E-state index contributed by atoms with van der Waals surface area (Å²) >= 11 is 0. The van der Waals surface area contributed by atoms with Gasteiger partial charge in [0.2, 0.25) is 0 Å². The van der Waals surface area contributed by atoms with Gasteiger partial charge < -0.3 is 5.32 Å². The van der Waals surface area contributed by atoms with Gasteiger partial charge in [0.05, 0.1) is 0 Å². The molecule has 0 atom stereocenters. The van der Waals surface area contributed by atoms with E-state index < -0.39 is 0 Å². The van der Waals surface area contributed by atoms with Crippen molar-refractivity contribution in [3.8, 4) is 0 Å². The zero-order valence-corrected chi connectivity index (χ0v) is 11.1. The number of Topliss-reactive ketones (excluding diaryl/α,β-unsaturated/α-hetero) is 1. The van der Waals surface area contributed by atoms with Crippen molar-refractivity contribution in [3.05, 3.63) is 48.0 Å². The Labute approximate surface area is 113 Å². The van der Waals surface area contributed by atoms with Crippen molar-refractivity contribution in [1.29, 1.82) is 0 Å². The van der Waals surface area contributed by atoms with Crippen molar-refractivity contribution < 1.29 is 4.79 Å². The number of carbonyl (C=O) groups is 1. The minimum atomic E-state index is 0.324. The average molecular weight is 253 g/mol. The highest BCUT2D eigenvalue weighted by molar-refractivity contribution is 5.90. The van der Waals surface area contributed by atoms with Crippen molar-refractivity contribution >= 4 is 16.6 Å². The third-order valence-electron chi connectivity index (χ3n) is 3.68. The van der Waals surface area contributed by atoms with E-state index in [1.54, 1.807) is 0 Å². The molecule has 1 aliphatic carbocycles. The first-order valence-electron chi connectivity index (χ1n) is 7.04. The van der Waals surface area contributed by atoms with Gasteiger partial charge in [-0.15, -0.1) is 0 Å². The second kappa shape index (κ2) is 5.54. The first-order chi connectivity index (χ1) is 9.33. The van der Waals surface area contributed by atoms with E-state index in [2.05, 4.69) is 29.6 Å². The molecule has 0 amide bonds. The van der Waals surface area contributed by atoms with Gasteiger partial charge in [0.1, 0.15) is 5.78 Å². The molecular weight excluding hydrogens is 234 g/mol. The zero-order chi connectivity index (χ0) is 13.1. The number of ketones is 1. The van der Waals surface area contributed by atoms with Crippen LogP contribution in [0.4, 0.5) is 0 Å². The van der Waals surface area contributed by atoms with Gasteiger partial charge in [-0.3, -0.25) is 4.79 Å². The fourth-order valence-corrected chi connectivity index (χ4v) is 2.45. The van der Waals surface area contributed by atoms with Crippen LogP contribution in [0.5, 0.6) is 0 Å². The van der Waals surface area contributed by atoms with Gasteiger partial charge in [0.15, 0.2) is 0 Å². The minimum Gasteiger partial charge on any atom is -0.314 e. The second-order valence-corrected chi connectivity index (χ2v) is 5.33. The van der Waals surface area contributed by atoms with E-state index in [0.29, 0.717) is 24.7 Å². The molecule has 0 radical (unpaired) electrons. The zero-order valence-electron chi connectivity index (χ0n) is 11.1. The number of benzene rings is 2. The lowest BCUT2D eigenvalue weighted by atomic mass is 9.99. The fraction of sp³-hybridized carbons (Fsp3) is 0.353. The summed E-state index contributed by atoms with van der Waals surface area (Å²) in [5.41, 5.74) is 1.15. The molecule has 0 heterocycles. The summed E-state index contributed by atoms with van der Waals surface area (Å²) in [5.74, 6) is 0.324. The molecule has 1 saturated carbocycles. The van der Waals surface area contributed by atoms with Crippen LogP contribution >= 0.6 is 0 Å². The van der Waals surface area contributed by atoms with Gasteiger partial charge >= 0.3 is 0 Å². The molecule has 0 unspecified atom stereocenters. The van der Waals surface area contributed by atoms with Gasteiger partial charge in [-0.1, -0.05) is 42.5 Å². The highest BCUT2D eigenvalue weighted by Gasteiger charge is 2.20. The Morgan fingerprint density at radius 2 is 1.89 bits per heavy atom. The summed E-state index contributed by atoms with van der Waals surface area (Å²) in [6.07, 6.45) is 3.74. The second-order valence-electron chi connectivity index (χ2n) is 5.33. The summed E-state index contributed by atoms with van der Waals surface area (Å²) in [4.78, 5) is 12.0. The maximum absolute atomic E-state index is 12.0. The van der Waals surface area contributed by atoms with E-state index in [-0.39, 0.29) is 0 Å². The molecule has 0 aromatic heterocycles. The third-order valence-corrected chi connectivity index (χ3v) is 3.68.